The maximum absolute atomic E-state index is 12.4. The molecule has 0 fully saturated rings. The number of aromatic nitrogens is 1. The zero-order valence-electron chi connectivity index (χ0n) is 14.0. The molecule has 1 amide bonds. The number of hydrogen-bond donors (Lipinski definition) is 3. The van der Waals surface area contributed by atoms with Crippen LogP contribution in [-0.4, -0.2) is 33.7 Å². The zero-order chi connectivity index (χ0) is 19.7. The summed E-state index contributed by atoms with van der Waals surface area (Å²) < 4.78 is 5.72. The molecule has 3 rings (SSSR count). The minimum atomic E-state index is -0.548. The molecule has 1 heterocycles. The molecule has 0 saturated carbocycles. The van der Waals surface area contributed by atoms with E-state index in [4.69, 9.17) is 27.5 Å². The first-order valence-corrected chi connectivity index (χ1v) is 8.02. The van der Waals surface area contributed by atoms with E-state index in [2.05, 4.69) is 4.98 Å². The van der Waals surface area contributed by atoms with Crippen molar-refractivity contribution in [3.63, 3.8) is 0 Å². The number of guanidine groups is 1. The monoisotopic (exact) mass is 387 g/mol. The minimum Gasteiger partial charge on any atom is -0.448 e. The summed E-state index contributed by atoms with van der Waals surface area (Å²) >= 11 is 6.20. The predicted octanol–water partition coefficient (Wildman–Crippen LogP) is 3.49. The van der Waals surface area contributed by atoms with Gasteiger partial charge in [-0.25, -0.2) is 0 Å². The van der Waals surface area contributed by atoms with Crippen LogP contribution in [-0.2, 0) is 0 Å². The third kappa shape index (κ3) is 3.40. The number of ether oxygens (including phenoxy) is 1. The van der Waals surface area contributed by atoms with Crippen molar-refractivity contribution in [3.05, 3.63) is 63.3 Å². The van der Waals surface area contributed by atoms with Gasteiger partial charge >= 0.3 is 5.69 Å². The van der Waals surface area contributed by atoms with Gasteiger partial charge in [-0.15, -0.1) is 0 Å². The van der Waals surface area contributed by atoms with Gasteiger partial charge in [0.1, 0.15) is 5.69 Å². The Morgan fingerprint density at radius 3 is 2.67 bits per heavy atom. The van der Waals surface area contributed by atoms with Crippen LogP contribution in [0.3, 0.4) is 0 Å². The SMILES string of the molecule is CN(C(=N)N)C(=O)c1cc2c(Cl)ccc(Oc3ccccc3[N+](=O)[O-])c2[nH]1. The number of rotatable bonds is 4. The van der Waals surface area contributed by atoms with Crippen molar-refractivity contribution < 1.29 is 14.5 Å². The van der Waals surface area contributed by atoms with Crippen LogP contribution in [0.1, 0.15) is 10.5 Å². The average molecular weight is 388 g/mol. The number of nitro benzene ring substituents is 1. The van der Waals surface area contributed by atoms with E-state index in [1.54, 1.807) is 18.2 Å². The number of carbonyl (C=O) groups is 1. The van der Waals surface area contributed by atoms with E-state index in [0.717, 1.165) is 4.90 Å². The van der Waals surface area contributed by atoms with Crippen molar-refractivity contribution >= 4 is 40.1 Å². The van der Waals surface area contributed by atoms with Crippen molar-refractivity contribution in [1.82, 2.24) is 9.88 Å². The van der Waals surface area contributed by atoms with Gasteiger partial charge in [0, 0.05) is 18.5 Å². The Hall–Kier alpha value is -3.59. The average Bonchev–Trinajstić information content (AvgIpc) is 3.09. The van der Waals surface area contributed by atoms with E-state index in [-0.39, 0.29) is 22.9 Å². The molecule has 0 aliphatic heterocycles. The number of nitrogens with two attached hydrogens (primary N) is 1. The molecule has 1 aromatic heterocycles. The number of para-hydroxylation sites is 2. The van der Waals surface area contributed by atoms with Crippen LogP contribution in [0.2, 0.25) is 5.02 Å². The molecule has 0 atom stereocenters. The van der Waals surface area contributed by atoms with Gasteiger partial charge in [0.2, 0.25) is 5.75 Å². The van der Waals surface area contributed by atoms with Crippen molar-refractivity contribution in [2.45, 2.75) is 0 Å². The van der Waals surface area contributed by atoms with E-state index >= 15 is 0 Å². The van der Waals surface area contributed by atoms with Crippen LogP contribution in [0, 0.1) is 15.5 Å². The lowest BCUT2D eigenvalue weighted by molar-refractivity contribution is -0.385. The molecule has 27 heavy (non-hydrogen) atoms. The molecule has 0 spiro atoms. The van der Waals surface area contributed by atoms with Gasteiger partial charge in [-0.3, -0.25) is 25.2 Å². The highest BCUT2D eigenvalue weighted by molar-refractivity contribution is 6.36. The number of amides is 1. The number of fused-ring (bicyclic) bond motifs is 1. The van der Waals surface area contributed by atoms with Crippen LogP contribution in [0.15, 0.2) is 42.5 Å². The second-order valence-electron chi connectivity index (χ2n) is 5.59. The van der Waals surface area contributed by atoms with E-state index < -0.39 is 16.8 Å². The summed E-state index contributed by atoms with van der Waals surface area (Å²) in [5, 5.41) is 19.4. The molecule has 10 heteroatoms. The van der Waals surface area contributed by atoms with Crippen LogP contribution >= 0.6 is 11.6 Å². The molecule has 138 valence electrons. The molecule has 4 N–H and O–H groups in total. The van der Waals surface area contributed by atoms with Crippen molar-refractivity contribution in [3.8, 4) is 11.5 Å². The zero-order valence-corrected chi connectivity index (χ0v) is 14.8. The quantitative estimate of drug-likeness (QED) is 0.272. The Balaban J connectivity index is 2.08. The first kappa shape index (κ1) is 18.2. The summed E-state index contributed by atoms with van der Waals surface area (Å²) in [5.41, 5.74) is 5.67. The molecular weight excluding hydrogens is 374 g/mol. The van der Waals surface area contributed by atoms with Gasteiger partial charge in [-0.2, -0.15) is 0 Å². The smallest absolute Gasteiger partial charge is 0.311 e. The summed E-state index contributed by atoms with van der Waals surface area (Å²) in [6.07, 6.45) is 0. The van der Waals surface area contributed by atoms with E-state index in [9.17, 15) is 14.9 Å². The van der Waals surface area contributed by atoms with E-state index in [1.165, 1.54) is 31.3 Å². The van der Waals surface area contributed by atoms with Crippen molar-refractivity contribution in [2.75, 3.05) is 7.05 Å². The van der Waals surface area contributed by atoms with Crippen LogP contribution in [0.5, 0.6) is 11.5 Å². The maximum atomic E-state index is 12.4. The van der Waals surface area contributed by atoms with Gasteiger partial charge in [0.25, 0.3) is 5.91 Å². The van der Waals surface area contributed by atoms with Gasteiger partial charge in [0.05, 0.1) is 15.5 Å². The molecule has 0 aliphatic carbocycles. The molecule has 0 bridgehead atoms. The molecule has 0 radical (unpaired) electrons. The maximum Gasteiger partial charge on any atom is 0.311 e. The Bertz CT molecular complexity index is 1080. The third-order valence-electron chi connectivity index (χ3n) is 3.88. The summed E-state index contributed by atoms with van der Waals surface area (Å²) in [6.45, 7) is 0. The lowest BCUT2D eigenvalue weighted by atomic mass is 10.2. The summed E-state index contributed by atoms with van der Waals surface area (Å²) in [6, 6.07) is 10.6. The van der Waals surface area contributed by atoms with Gasteiger partial charge < -0.3 is 15.5 Å². The topological polar surface area (TPSA) is 138 Å². The number of aromatic amines is 1. The summed E-state index contributed by atoms with van der Waals surface area (Å²) in [4.78, 5) is 26.9. The Labute approximate surface area is 157 Å². The Kier molecular flexibility index (Phi) is 4.70. The summed E-state index contributed by atoms with van der Waals surface area (Å²) in [7, 11) is 1.36. The highest BCUT2D eigenvalue weighted by atomic mass is 35.5. The Morgan fingerprint density at radius 2 is 2.00 bits per heavy atom. The predicted molar refractivity (Wildman–Crippen MR) is 100 cm³/mol. The van der Waals surface area contributed by atoms with Gasteiger partial charge in [0.15, 0.2) is 11.7 Å². The number of nitrogens with one attached hydrogen (secondary N) is 2. The number of benzene rings is 2. The number of carbonyl (C=O) groups excluding carboxylic acids is 1. The second-order valence-corrected chi connectivity index (χ2v) is 6.00. The highest BCUT2D eigenvalue weighted by Gasteiger charge is 2.21. The second kappa shape index (κ2) is 6.96. The number of hydrogen-bond acceptors (Lipinski definition) is 5. The number of nitrogens with zero attached hydrogens (tertiary/aromatic N) is 2. The summed E-state index contributed by atoms with van der Waals surface area (Å²) in [5.74, 6) is -0.643. The molecular formula is C17H14ClN5O4. The van der Waals surface area contributed by atoms with Gasteiger partial charge in [-0.1, -0.05) is 23.7 Å². The van der Waals surface area contributed by atoms with Crippen LogP contribution < -0.4 is 10.5 Å². The number of halogens is 1. The standard InChI is InChI=1S/C17H14ClN5O4/c1-22(17(19)20)16(24)11-8-9-10(18)6-7-14(15(9)21-11)27-13-5-3-2-4-12(13)23(25)26/h2-8,21H,1H3,(H3,19,20). The first-order chi connectivity index (χ1) is 12.8. The number of nitro groups is 1. The van der Waals surface area contributed by atoms with Crippen LogP contribution in [0.25, 0.3) is 10.9 Å². The third-order valence-corrected chi connectivity index (χ3v) is 4.21. The fourth-order valence-corrected chi connectivity index (χ4v) is 2.67. The molecule has 0 saturated heterocycles. The van der Waals surface area contributed by atoms with E-state index in [1.807, 2.05) is 0 Å². The minimum absolute atomic E-state index is 0.0504. The van der Waals surface area contributed by atoms with Crippen molar-refractivity contribution in [1.29, 1.82) is 5.41 Å². The normalized spacial score (nSPS) is 10.6. The molecule has 9 nitrogen and oxygen atoms in total. The fourth-order valence-electron chi connectivity index (χ4n) is 2.46. The highest BCUT2D eigenvalue weighted by Crippen LogP contribution is 2.37. The Morgan fingerprint density at radius 1 is 1.30 bits per heavy atom. The van der Waals surface area contributed by atoms with E-state index in [0.29, 0.717) is 15.9 Å². The first-order valence-electron chi connectivity index (χ1n) is 7.64. The molecule has 2 aromatic carbocycles. The van der Waals surface area contributed by atoms with Crippen molar-refractivity contribution in [2.24, 2.45) is 5.73 Å². The van der Waals surface area contributed by atoms with Gasteiger partial charge in [-0.05, 0) is 24.3 Å². The lowest BCUT2D eigenvalue weighted by Crippen LogP contribution is -2.38. The molecule has 3 aromatic rings. The lowest BCUT2D eigenvalue weighted by Gasteiger charge is -2.12. The molecule has 0 aliphatic rings. The van der Waals surface area contributed by atoms with Crippen LogP contribution in [0.4, 0.5) is 5.69 Å². The number of H-pyrrole nitrogens is 1. The fraction of sp³-hybridized carbons (Fsp3) is 0.0588. The largest absolute Gasteiger partial charge is 0.448 e. The molecule has 0 unspecified atom stereocenters.